The van der Waals surface area contributed by atoms with Crippen LogP contribution in [0.1, 0.15) is 31.9 Å². The van der Waals surface area contributed by atoms with E-state index in [0.29, 0.717) is 12.2 Å². The molecule has 0 radical (unpaired) electrons. The topological polar surface area (TPSA) is 20.2 Å². The molecule has 0 atom stereocenters. The minimum atomic E-state index is 0.0894. The molecule has 0 saturated carbocycles. The van der Waals surface area contributed by atoms with Crippen LogP contribution in [0.4, 0.5) is 0 Å². The highest BCUT2D eigenvalue weighted by molar-refractivity contribution is 9.10. The Balaban J connectivity index is 3.29. The van der Waals surface area contributed by atoms with E-state index in [2.05, 4.69) is 43.3 Å². The van der Waals surface area contributed by atoms with Gasteiger partial charge in [-0.25, -0.2) is 0 Å². The van der Waals surface area contributed by atoms with Crippen LogP contribution in [-0.4, -0.2) is 5.11 Å². The van der Waals surface area contributed by atoms with Gasteiger partial charge in [0.1, 0.15) is 5.75 Å². The number of rotatable bonds is 2. The normalized spacial score (nSPS) is 11.5. The maximum Gasteiger partial charge on any atom is 0.133 e. The number of allylic oxidation sites excluding steroid dienone is 1. The van der Waals surface area contributed by atoms with Gasteiger partial charge in [0.15, 0.2) is 0 Å². The molecular weight excluding hydrogens is 252 g/mol. The zero-order valence-electron chi connectivity index (χ0n) is 9.47. The predicted molar refractivity (Wildman–Crippen MR) is 68.4 cm³/mol. The van der Waals surface area contributed by atoms with E-state index in [1.807, 2.05) is 12.1 Å². The van der Waals surface area contributed by atoms with E-state index in [1.54, 1.807) is 6.08 Å². The molecule has 1 aromatic rings. The molecule has 15 heavy (non-hydrogen) atoms. The molecule has 0 unspecified atom stereocenters. The van der Waals surface area contributed by atoms with Gasteiger partial charge in [0.2, 0.25) is 0 Å². The van der Waals surface area contributed by atoms with Crippen LogP contribution in [0.5, 0.6) is 5.75 Å². The number of hydrogen-bond acceptors (Lipinski definition) is 1. The van der Waals surface area contributed by atoms with Crippen molar-refractivity contribution in [1.29, 1.82) is 0 Å². The highest BCUT2D eigenvalue weighted by Crippen LogP contribution is 2.34. The standard InChI is InChI=1S/C13H17BrO/c1-5-6-9-7-10(13(2,3)4)8-11(14)12(9)15/h5,7-8,15H,1,6H2,2-4H3. The molecule has 2 heteroatoms. The van der Waals surface area contributed by atoms with Crippen LogP contribution in [0, 0.1) is 0 Å². The lowest BCUT2D eigenvalue weighted by atomic mass is 9.85. The lowest BCUT2D eigenvalue weighted by Crippen LogP contribution is -2.11. The van der Waals surface area contributed by atoms with Gasteiger partial charge in [-0.1, -0.05) is 32.9 Å². The number of phenolic OH excluding ortho intramolecular Hbond substituents is 1. The van der Waals surface area contributed by atoms with Crippen molar-refractivity contribution in [2.45, 2.75) is 32.6 Å². The number of hydrogen-bond donors (Lipinski definition) is 1. The summed E-state index contributed by atoms with van der Waals surface area (Å²) in [6, 6.07) is 4.02. The first-order valence-corrected chi connectivity index (χ1v) is 5.78. The predicted octanol–water partition coefficient (Wildman–Crippen LogP) is 4.18. The number of aromatic hydroxyl groups is 1. The second-order valence-electron chi connectivity index (χ2n) is 4.71. The lowest BCUT2D eigenvalue weighted by molar-refractivity contribution is 0.464. The lowest BCUT2D eigenvalue weighted by Gasteiger charge is -2.21. The maximum absolute atomic E-state index is 9.82. The Kier molecular flexibility index (Phi) is 3.61. The molecule has 82 valence electrons. The average Bonchev–Trinajstić information content (AvgIpc) is 2.11. The van der Waals surface area contributed by atoms with Crippen LogP contribution in [-0.2, 0) is 11.8 Å². The summed E-state index contributed by atoms with van der Waals surface area (Å²) < 4.78 is 0.756. The second kappa shape index (κ2) is 4.40. The number of halogens is 1. The molecule has 0 aromatic heterocycles. The van der Waals surface area contributed by atoms with Gasteiger partial charge < -0.3 is 5.11 Å². The summed E-state index contributed by atoms with van der Waals surface area (Å²) in [5.41, 5.74) is 2.22. The van der Waals surface area contributed by atoms with Crippen LogP contribution < -0.4 is 0 Å². The number of phenols is 1. The molecule has 0 fully saturated rings. The van der Waals surface area contributed by atoms with Crippen LogP contribution >= 0.6 is 15.9 Å². The quantitative estimate of drug-likeness (QED) is 0.798. The van der Waals surface area contributed by atoms with E-state index >= 15 is 0 Å². The Morgan fingerprint density at radius 1 is 1.40 bits per heavy atom. The van der Waals surface area contributed by atoms with E-state index in [4.69, 9.17) is 0 Å². The monoisotopic (exact) mass is 268 g/mol. The van der Waals surface area contributed by atoms with Crippen LogP contribution in [0.2, 0.25) is 0 Å². The molecule has 1 rings (SSSR count). The summed E-state index contributed by atoms with van der Waals surface area (Å²) in [4.78, 5) is 0. The minimum absolute atomic E-state index is 0.0894. The summed E-state index contributed by atoms with van der Waals surface area (Å²) in [5, 5.41) is 9.82. The summed E-state index contributed by atoms with van der Waals surface area (Å²) in [6.07, 6.45) is 2.49. The van der Waals surface area contributed by atoms with Gasteiger partial charge in [-0.2, -0.15) is 0 Å². The summed E-state index contributed by atoms with van der Waals surface area (Å²) >= 11 is 3.38. The molecular formula is C13H17BrO. The van der Waals surface area contributed by atoms with Crippen molar-refractivity contribution in [3.63, 3.8) is 0 Å². The molecule has 0 aliphatic heterocycles. The highest BCUT2D eigenvalue weighted by Gasteiger charge is 2.17. The van der Waals surface area contributed by atoms with Crippen LogP contribution in [0.25, 0.3) is 0 Å². The molecule has 1 aromatic carbocycles. The van der Waals surface area contributed by atoms with Gasteiger partial charge in [-0.15, -0.1) is 6.58 Å². The Morgan fingerprint density at radius 3 is 2.47 bits per heavy atom. The molecule has 0 spiro atoms. The fraction of sp³-hybridized carbons (Fsp3) is 0.385. The third kappa shape index (κ3) is 2.85. The zero-order chi connectivity index (χ0) is 11.6. The first-order valence-electron chi connectivity index (χ1n) is 4.99. The Hall–Kier alpha value is -0.760. The molecule has 0 saturated heterocycles. The molecule has 0 aliphatic carbocycles. The molecule has 1 nitrogen and oxygen atoms in total. The zero-order valence-corrected chi connectivity index (χ0v) is 11.1. The van der Waals surface area contributed by atoms with Crippen molar-refractivity contribution >= 4 is 15.9 Å². The van der Waals surface area contributed by atoms with Gasteiger partial charge in [0.05, 0.1) is 4.47 Å². The van der Waals surface area contributed by atoms with Gasteiger partial charge in [-0.05, 0) is 45.0 Å². The first-order chi connectivity index (χ1) is 6.86. The van der Waals surface area contributed by atoms with Gasteiger partial charge in [-0.3, -0.25) is 0 Å². The van der Waals surface area contributed by atoms with E-state index in [-0.39, 0.29) is 5.41 Å². The van der Waals surface area contributed by atoms with Crippen molar-refractivity contribution < 1.29 is 5.11 Å². The summed E-state index contributed by atoms with van der Waals surface area (Å²) in [7, 11) is 0. The average molecular weight is 269 g/mol. The smallest absolute Gasteiger partial charge is 0.133 e. The van der Waals surface area contributed by atoms with E-state index in [1.165, 1.54) is 5.56 Å². The van der Waals surface area contributed by atoms with Crippen molar-refractivity contribution in [2.75, 3.05) is 0 Å². The van der Waals surface area contributed by atoms with Crippen LogP contribution in [0.15, 0.2) is 29.3 Å². The molecule has 0 heterocycles. The molecule has 1 N–H and O–H groups in total. The van der Waals surface area contributed by atoms with E-state index < -0.39 is 0 Å². The summed E-state index contributed by atoms with van der Waals surface area (Å²) in [6.45, 7) is 10.2. The SMILES string of the molecule is C=CCc1cc(C(C)(C)C)cc(Br)c1O. The largest absolute Gasteiger partial charge is 0.506 e. The van der Waals surface area contributed by atoms with Crippen molar-refractivity contribution in [3.8, 4) is 5.75 Å². The Morgan fingerprint density at radius 2 is 2.00 bits per heavy atom. The first kappa shape index (κ1) is 12.3. The third-order valence-corrected chi connectivity index (χ3v) is 2.98. The molecule has 0 aliphatic rings. The highest BCUT2D eigenvalue weighted by atomic mass is 79.9. The fourth-order valence-electron chi connectivity index (χ4n) is 1.40. The van der Waals surface area contributed by atoms with Gasteiger partial charge in [0, 0.05) is 0 Å². The van der Waals surface area contributed by atoms with Gasteiger partial charge >= 0.3 is 0 Å². The fourth-order valence-corrected chi connectivity index (χ4v) is 1.90. The minimum Gasteiger partial charge on any atom is -0.506 e. The Labute approximate surface area is 100.0 Å². The van der Waals surface area contributed by atoms with E-state index in [0.717, 1.165) is 10.0 Å². The second-order valence-corrected chi connectivity index (χ2v) is 5.56. The van der Waals surface area contributed by atoms with Crippen molar-refractivity contribution in [2.24, 2.45) is 0 Å². The maximum atomic E-state index is 9.82. The Bertz CT molecular complexity index is 375. The van der Waals surface area contributed by atoms with Crippen molar-refractivity contribution in [3.05, 3.63) is 40.4 Å². The van der Waals surface area contributed by atoms with Crippen LogP contribution in [0.3, 0.4) is 0 Å². The van der Waals surface area contributed by atoms with Crippen molar-refractivity contribution in [1.82, 2.24) is 0 Å². The summed E-state index contributed by atoms with van der Waals surface area (Å²) in [5.74, 6) is 0.322. The molecule has 0 amide bonds. The van der Waals surface area contributed by atoms with E-state index in [9.17, 15) is 5.11 Å². The van der Waals surface area contributed by atoms with Gasteiger partial charge in [0.25, 0.3) is 0 Å². The third-order valence-electron chi connectivity index (χ3n) is 2.37. The number of benzene rings is 1. The molecule has 0 bridgehead atoms.